The minimum Gasteiger partial charge on any atom is -0.387 e. The average molecular weight is 168 g/mol. The van der Waals surface area contributed by atoms with Crippen LogP contribution in [0.5, 0.6) is 0 Å². The topological polar surface area (TPSA) is 47.6 Å². The van der Waals surface area contributed by atoms with Gasteiger partial charge < -0.3 is 10.5 Å². The first-order valence-electron chi connectivity index (χ1n) is 4.77. The van der Waals surface area contributed by atoms with Crippen molar-refractivity contribution in [2.75, 3.05) is 13.2 Å². The van der Waals surface area contributed by atoms with Gasteiger partial charge in [-0.15, -0.1) is 0 Å². The van der Waals surface area contributed by atoms with Crippen LogP contribution in [0, 0.1) is 5.92 Å². The third-order valence-corrected chi connectivity index (χ3v) is 2.50. The van der Waals surface area contributed by atoms with E-state index in [-0.39, 0.29) is 0 Å². The van der Waals surface area contributed by atoms with Gasteiger partial charge in [-0.1, -0.05) is 0 Å². The summed E-state index contributed by atoms with van der Waals surface area (Å²) in [5, 5.41) is 0. The normalized spacial score (nSPS) is 31.0. The summed E-state index contributed by atoms with van der Waals surface area (Å²) in [5.41, 5.74) is 5.75. The van der Waals surface area contributed by atoms with Crippen molar-refractivity contribution in [3.8, 4) is 0 Å². The largest absolute Gasteiger partial charge is 0.387 e. The molecule has 12 heavy (non-hydrogen) atoms. The molecule has 0 aromatic rings. The van der Waals surface area contributed by atoms with E-state index >= 15 is 0 Å². The van der Waals surface area contributed by atoms with E-state index < -0.39 is 0 Å². The predicted molar refractivity (Wildman–Crippen MR) is 48.2 cm³/mol. The lowest BCUT2D eigenvalue weighted by Gasteiger charge is -2.05. The van der Waals surface area contributed by atoms with E-state index in [1.54, 1.807) is 0 Å². The number of rotatable bonds is 3. The standard InChI is InChI=1S/C9H16N2O/c10-9(7-3-4-7)11-6-8-2-1-5-12-8/h7-8H,1-6H2,(H2,10,11). The van der Waals surface area contributed by atoms with Crippen molar-refractivity contribution in [1.82, 2.24) is 0 Å². The number of aliphatic imine (C=N–C) groups is 1. The Kier molecular flexibility index (Phi) is 2.30. The second-order valence-corrected chi connectivity index (χ2v) is 3.67. The summed E-state index contributed by atoms with van der Waals surface area (Å²) in [7, 11) is 0. The van der Waals surface area contributed by atoms with Gasteiger partial charge in [0.1, 0.15) is 0 Å². The Balaban J connectivity index is 1.74. The van der Waals surface area contributed by atoms with E-state index in [1.165, 1.54) is 19.3 Å². The molecule has 1 heterocycles. The predicted octanol–water partition coefficient (Wildman–Crippen LogP) is 0.933. The molecule has 2 N–H and O–H groups in total. The van der Waals surface area contributed by atoms with Gasteiger partial charge in [0.2, 0.25) is 0 Å². The van der Waals surface area contributed by atoms with Gasteiger partial charge >= 0.3 is 0 Å². The van der Waals surface area contributed by atoms with Crippen LogP contribution in [0.3, 0.4) is 0 Å². The smallest absolute Gasteiger partial charge is 0.0969 e. The summed E-state index contributed by atoms with van der Waals surface area (Å²) in [6, 6.07) is 0. The van der Waals surface area contributed by atoms with Crippen molar-refractivity contribution in [3.05, 3.63) is 0 Å². The van der Waals surface area contributed by atoms with Crippen LogP contribution in [0.25, 0.3) is 0 Å². The van der Waals surface area contributed by atoms with E-state index in [4.69, 9.17) is 10.5 Å². The highest BCUT2D eigenvalue weighted by Crippen LogP contribution is 2.28. The fourth-order valence-electron chi connectivity index (χ4n) is 1.50. The quantitative estimate of drug-likeness (QED) is 0.503. The van der Waals surface area contributed by atoms with Gasteiger partial charge in [-0.05, 0) is 25.7 Å². The van der Waals surface area contributed by atoms with Crippen LogP contribution in [0.2, 0.25) is 0 Å². The Hall–Kier alpha value is -0.570. The van der Waals surface area contributed by atoms with Crippen molar-refractivity contribution in [2.24, 2.45) is 16.6 Å². The molecule has 0 radical (unpaired) electrons. The van der Waals surface area contributed by atoms with Crippen molar-refractivity contribution >= 4 is 5.84 Å². The van der Waals surface area contributed by atoms with Crippen LogP contribution in [0.4, 0.5) is 0 Å². The summed E-state index contributed by atoms with van der Waals surface area (Å²) in [4.78, 5) is 4.34. The molecule has 0 aromatic heterocycles. The van der Waals surface area contributed by atoms with E-state index in [0.717, 1.165) is 25.4 Å². The maximum atomic E-state index is 5.75. The molecular weight excluding hydrogens is 152 g/mol. The minimum absolute atomic E-state index is 0.349. The molecule has 1 aliphatic carbocycles. The third kappa shape index (κ3) is 1.97. The Labute approximate surface area is 73.0 Å². The van der Waals surface area contributed by atoms with E-state index in [1.807, 2.05) is 0 Å². The maximum Gasteiger partial charge on any atom is 0.0969 e. The van der Waals surface area contributed by atoms with E-state index in [9.17, 15) is 0 Å². The van der Waals surface area contributed by atoms with Gasteiger partial charge in [0.25, 0.3) is 0 Å². The maximum absolute atomic E-state index is 5.75. The van der Waals surface area contributed by atoms with Gasteiger partial charge in [0.05, 0.1) is 18.5 Å². The third-order valence-electron chi connectivity index (χ3n) is 2.50. The summed E-state index contributed by atoms with van der Waals surface area (Å²) in [6.45, 7) is 1.69. The van der Waals surface area contributed by atoms with Crippen LogP contribution >= 0.6 is 0 Å². The van der Waals surface area contributed by atoms with Gasteiger partial charge in [-0.3, -0.25) is 4.99 Å². The lowest BCUT2D eigenvalue weighted by atomic mass is 10.2. The minimum atomic E-state index is 0.349. The number of amidine groups is 1. The molecule has 3 nitrogen and oxygen atoms in total. The average Bonchev–Trinajstić information content (AvgIpc) is 2.80. The first-order valence-corrected chi connectivity index (χ1v) is 4.77. The Bertz CT molecular complexity index is 181. The molecule has 1 atom stereocenters. The van der Waals surface area contributed by atoms with Gasteiger partial charge in [-0.2, -0.15) is 0 Å². The first-order chi connectivity index (χ1) is 5.86. The lowest BCUT2D eigenvalue weighted by Crippen LogP contribution is -2.18. The van der Waals surface area contributed by atoms with Crippen LogP contribution in [-0.4, -0.2) is 25.1 Å². The SMILES string of the molecule is NC(=NCC1CCCO1)C1CC1. The fourth-order valence-corrected chi connectivity index (χ4v) is 1.50. The molecule has 2 aliphatic rings. The monoisotopic (exact) mass is 168 g/mol. The second-order valence-electron chi connectivity index (χ2n) is 3.67. The number of hydrogen-bond donors (Lipinski definition) is 1. The number of nitrogens with zero attached hydrogens (tertiary/aromatic N) is 1. The number of nitrogens with two attached hydrogens (primary N) is 1. The molecule has 0 amide bonds. The molecular formula is C9H16N2O. The molecule has 1 saturated carbocycles. The van der Waals surface area contributed by atoms with Gasteiger partial charge in [-0.25, -0.2) is 0 Å². The highest BCUT2D eigenvalue weighted by molar-refractivity contribution is 5.84. The lowest BCUT2D eigenvalue weighted by molar-refractivity contribution is 0.118. The summed E-state index contributed by atoms with van der Waals surface area (Å²) >= 11 is 0. The molecule has 0 bridgehead atoms. The fraction of sp³-hybridized carbons (Fsp3) is 0.889. The van der Waals surface area contributed by atoms with Crippen molar-refractivity contribution < 1.29 is 4.74 Å². The van der Waals surface area contributed by atoms with Crippen molar-refractivity contribution in [1.29, 1.82) is 0 Å². The van der Waals surface area contributed by atoms with Crippen molar-refractivity contribution in [3.63, 3.8) is 0 Å². The zero-order valence-electron chi connectivity index (χ0n) is 7.33. The molecule has 2 rings (SSSR count). The molecule has 1 unspecified atom stereocenters. The van der Waals surface area contributed by atoms with Crippen LogP contribution in [0.1, 0.15) is 25.7 Å². The molecule has 68 valence electrons. The van der Waals surface area contributed by atoms with Crippen molar-refractivity contribution in [2.45, 2.75) is 31.8 Å². The van der Waals surface area contributed by atoms with Gasteiger partial charge in [0.15, 0.2) is 0 Å². The molecule has 3 heteroatoms. The van der Waals surface area contributed by atoms with E-state index in [2.05, 4.69) is 4.99 Å². The van der Waals surface area contributed by atoms with Crippen LogP contribution in [0.15, 0.2) is 4.99 Å². The Morgan fingerprint density at radius 3 is 2.83 bits per heavy atom. The first kappa shape index (κ1) is 8.05. The molecule has 1 saturated heterocycles. The van der Waals surface area contributed by atoms with Crippen LogP contribution in [-0.2, 0) is 4.74 Å². The molecule has 1 aliphatic heterocycles. The summed E-state index contributed by atoms with van der Waals surface area (Å²) in [6.07, 6.45) is 5.16. The van der Waals surface area contributed by atoms with Gasteiger partial charge in [0, 0.05) is 12.5 Å². The number of ether oxygens (including phenoxy) is 1. The highest BCUT2D eigenvalue weighted by atomic mass is 16.5. The summed E-state index contributed by atoms with van der Waals surface area (Å²) in [5.74, 6) is 1.46. The summed E-state index contributed by atoms with van der Waals surface area (Å²) < 4.78 is 5.44. The zero-order valence-corrected chi connectivity index (χ0v) is 7.33. The van der Waals surface area contributed by atoms with E-state index in [0.29, 0.717) is 12.0 Å². The molecule has 2 fully saturated rings. The molecule has 0 aromatic carbocycles. The Morgan fingerprint density at radius 2 is 2.25 bits per heavy atom. The Morgan fingerprint density at radius 1 is 1.42 bits per heavy atom. The van der Waals surface area contributed by atoms with Crippen LogP contribution < -0.4 is 5.73 Å². The second kappa shape index (κ2) is 3.44. The number of hydrogen-bond acceptors (Lipinski definition) is 2. The zero-order chi connectivity index (χ0) is 8.39. The highest BCUT2D eigenvalue weighted by Gasteiger charge is 2.25. The molecule has 0 spiro atoms.